The molecular weight excluding hydrogens is 282 g/mol. The van der Waals surface area contributed by atoms with Gasteiger partial charge in [-0.05, 0) is 32.4 Å². The summed E-state index contributed by atoms with van der Waals surface area (Å²) in [5, 5.41) is 16.0. The normalized spacial score (nSPS) is 10.3. The lowest BCUT2D eigenvalue weighted by Crippen LogP contribution is -2.29. The smallest absolute Gasteiger partial charge is 0.269 e. The van der Waals surface area contributed by atoms with Crippen LogP contribution in [0.4, 0.5) is 5.69 Å². The number of amides is 1. The molecule has 2 aromatic heterocycles. The van der Waals surface area contributed by atoms with Crippen molar-refractivity contribution in [3.05, 3.63) is 45.1 Å². The van der Waals surface area contributed by atoms with Gasteiger partial charge in [-0.3, -0.25) is 14.3 Å². The molecule has 2 rings (SSSR count). The Kier molecular flexibility index (Phi) is 4.13. The second-order valence-electron chi connectivity index (χ2n) is 5.14. The van der Waals surface area contributed by atoms with Crippen LogP contribution in [0.3, 0.4) is 0 Å². The van der Waals surface area contributed by atoms with Gasteiger partial charge in [-0.15, -0.1) is 0 Å². The average Bonchev–Trinajstić information content (AvgIpc) is 2.69. The number of hydrogen-bond donors (Lipinski definition) is 1. The van der Waals surface area contributed by atoms with E-state index in [1.807, 2.05) is 13.0 Å². The van der Waals surface area contributed by atoms with E-state index >= 15 is 0 Å². The molecule has 0 fully saturated rings. The van der Waals surface area contributed by atoms with Crippen molar-refractivity contribution < 1.29 is 4.79 Å². The average molecular weight is 299 g/mol. The molecule has 0 aliphatic rings. The van der Waals surface area contributed by atoms with Gasteiger partial charge in [0.1, 0.15) is 18.2 Å². The number of nitrogens with zero attached hydrogens (tertiary/aromatic N) is 4. The Hall–Kier alpha value is -2.88. The summed E-state index contributed by atoms with van der Waals surface area (Å²) in [7, 11) is 1.79. The lowest BCUT2D eigenvalue weighted by molar-refractivity contribution is -0.116. The van der Waals surface area contributed by atoms with E-state index in [2.05, 4.69) is 10.4 Å². The van der Waals surface area contributed by atoms with Crippen LogP contribution >= 0.6 is 0 Å². The van der Waals surface area contributed by atoms with Gasteiger partial charge < -0.3 is 9.88 Å². The van der Waals surface area contributed by atoms with Crippen LogP contribution in [-0.4, -0.2) is 20.3 Å². The summed E-state index contributed by atoms with van der Waals surface area (Å²) in [4.78, 5) is 24.2. The van der Waals surface area contributed by atoms with Crippen molar-refractivity contribution in [1.29, 1.82) is 5.26 Å². The molecule has 1 N–H and O–H groups in total. The first kappa shape index (κ1) is 15.5. The molecule has 0 radical (unpaired) electrons. The number of aromatic nitrogens is 3. The van der Waals surface area contributed by atoms with Crippen LogP contribution in [0.1, 0.15) is 22.5 Å². The number of nitriles is 1. The molecule has 0 unspecified atom stereocenters. The van der Waals surface area contributed by atoms with Gasteiger partial charge in [0.2, 0.25) is 5.91 Å². The molecule has 0 aliphatic heterocycles. The van der Waals surface area contributed by atoms with E-state index in [0.29, 0.717) is 16.9 Å². The van der Waals surface area contributed by atoms with Crippen LogP contribution in [0.15, 0.2) is 17.1 Å². The fourth-order valence-electron chi connectivity index (χ4n) is 2.21. The number of aryl methyl sites for hydroxylation is 3. The molecule has 0 saturated heterocycles. The fraction of sp³-hybridized carbons (Fsp3) is 0.333. The van der Waals surface area contributed by atoms with Gasteiger partial charge >= 0.3 is 0 Å². The number of carbonyl (C=O) groups is 1. The van der Waals surface area contributed by atoms with E-state index in [9.17, 15) is 9.59 Å². The van der Waals surface area contributed by atoms with Crippen molar-refractivity contribution >= 4 is 11.6 Å². The van der Waals surface area contributed by atoms with E-state index in [-0.39, 0.29) is 18.0 Å². The molecule has 7 heteroatoms. The summed E-state index contributed by atoms with van der Waals surface area (Å²) in [5.74, 6) is -0.339. The van der Waals surface area contributed by atoms with Gasteiger partial charge in [0.25, 0.3) is 5.56 Å². The molecule has 114 valence electrons. The quantitative estimate of drug-likeness (QED) is 0.915. The Morgan fingerprint density at radius 2 is 2.09 bits per heavy atom. The molecule has 0 atom stereocenters. The summed E-state index contributed by atoms with van der Waals surface area (Å²) in [6, 6.07) is 3.52. The molecule has 22 heavy (non-hydrogen) atoms. The van der Waals surface area contributed by atoms with E-state index in [4.69, 9.17) is 5.26 Å². The lowest BCUT2D eigenvalue weighted by atomic mass is 10.2. The van der Waals surface area contributed by atoms with E-state index in [1.54, 1.807) is 31.6 Å². The second-order valence-corrected chi connectivity index (χ2v) is 5.14. The Balaban J connectivity index is 2.24. The molecule has 1 amide bonds. The Morgan fingerprint density at radius 1 is 1.41 bits per heavy atom. The minimum atomic E-state index is -0.461. The number of nitrogens with one attached hydrogen (secondary N) is 1. The highest BCUT2D eigenvalue weighted by Crippen LogP contribution is 2.18. The van der Waals surface area contributed by atoms with Gasteiger partial charge in [0, 0.05) is 13.2 Å². The van der Waals surface area contributed by atoms with Gasteiger partial charge in [-0.2, -0.15) is 10.4 Å². The zero-order chi connectivity index (χ0) is 16.4. The van der Waals surface area contributed by atoms with Gasteiger partial charge in [0.05, 0.1) is 17.1 Å². The van der Waals surface area contributed by atoms with Crippen molar-refractivity contribution in [2.24, 2.45) is 7.05 Å². The van der Waals surface area contributed by atoms with Crippen LogP contribution in [0.25, 0.3) is 0 Å². The first-order valence-corrected chi connectivity index (χ1v) is 6.75. The minimum Gasteiger partial charge on any atom is -0.321 e. The molecule has 0 saturated carbocycles. The van der Waals surface area contributed by atoms with Crippen molar-refractivity contribution in [1.82, 2.24) is 14.3 Å². The number of hydrogen-bond acceptors (Lipinski definition) is 4. The predicted molar refractivity (Wildman–Crippen MR) is 81.5 cm³/mol. The summed E-state index contributed by atoms with van der Waals surface area (Å²) in [6.45, 7) is 5.18. The molecular formula is C15H17N5O2. The SMILES string of the molecule is Cc1ccn(CC(=O)Nc2c(C)nn(C)c2C)c(=O)c1C#N. The molecule has 0 aliphatic carbocycles. The molecule has 7 nitrogen and oxygen atoms in total. The Bertz CT molecular complexity index is 839. The van der Waals surface area contributed by atoms with E-state index in [1.165, 1.54) is 10.8 Å². The van der Waals surface area contributed by atoms with Crippen molar-refractivity contribution in [2.75, 3.05) is 5.32 Å². The molecule has 0 aromatic carbocycles. The largest absolute Gasteiger partial charge is 0.321 e. The first-order chi connectivity index (χ1) is 10.3. The van der Waals surface area contributed by atoms with E-state index in [0.717, 1.165) is 5.69 Å². The molecule has 2 heterocycles. The molecule has 2 aromatic rings. The van der Waals surface area contributed by atoms with Crippen LogP contribution in [0.5, 0.6) is 0 Å². The third-order valence-electron chi connectivity index (χ3n) is 3.57. The number of pyridine rings is 1. The van der Waals surface area contributed by atoms with Crippen LogP contribution in [0, 0.1) is 32.1 Å². The van der Waals surface area contributed by atoms with Gasteiger partial charge in [0.15, 0.2) is 0 Å². The maximum atomic E-state index is 12.1. The topological polar surface area (TPSA) is 92.7 Å². The van der Waals surface area contributed by atoms with Crippen LogP contribution in [0.2, 0.25) is 0 Å². The fourth-order valence-corrected chi connectivity index (χ4v) is 2.21. The second kappa shape index (κ2) is 5.85. The minimum absolute atomic E-state index is 0.0593. The van der Waals surface area contributed by atoms with Crippen LogP contribution < -0.4 is 10.9 Å². The maximum absolute atomic E-state index is 12.1. The van der Waals surface area contributed by atoms with Crippen molar-refractivity contribution in [2.45, 2.75) is 27.3 Å². The predicted octanol–water partition coefficient (Wildman–Crippen LogP) is 1.02. The van der Waals surface area contributed by atoms with E-state index < -0.39 is 5.56 Å². The zero-order valence-corrected chi connectivity index (χ0v) is 13.0. The number of anilines is 1. The highest BCUT2D eigenvalue weighted by atomic mass is 16.2. The Morgan fingerprint density at radius 3 is 2.64 bits per heavy atom. The highest BCUT2D eigenvalue weighted by Gasteiger charge is 2.14. The van der Waals surface area contributed by atoms with Crippen LogP contribution in [-0.2, 0) is 18.4 Å². The summed E-state index contributed by atoms with van der Waals surface area (Å²) < 4.78 is 2.90. The zero-order valence-electron chi connectivity index (χ0n) is 13.0. The first-order valence-electron chi connectivity index (χ1n) is 6.75. The van der Waals surface area contributed by atoms with Gasteiger partial charge in [-0.1, -0.05) is 0 Å². The summed E-state index contributed by atoms with van der Waals surface area (Å²) in [6.07, 6.45) is 1.51. The number of rotatable bonds is 3. The van der Waals surface area contributed by atoms with Crippen molar-refractivity contribution in [3.8, 4) is 6.07 Å². The highest BCUT2D eigenvalue weighted by molar-refractivity contribution is 5.91. The number of carbonyl (C=O) groups excluding carboxylic acids is 1. The summed E-state index contributed by atoms with van der Waals surface area (Å²) in [5.41, 5.74) is 2.39. The lowest BCUT2D eigenvalue weighted by Gasteiger charge is -2.09. The standard InChI is InChI=1S/C15H17N5O2/c1-9-5-6-20(15(22)12(9)7-16)8-13(21)17-14-10(2)18-19(4)11(14)3/h5-6H,8H2,1-4H3,(H,17,21). The Labute approximate surface area is 127 Å². The maximum Gasteiger partial charge on any atom is 0.269 e. The molecule has 0 spiro atoms. The summed E-state index contributed by atoms with van der Waals surface area (Å²) >= 11 is 0. The third kappa shape index (κ3) is 2.76. The third-order valence-corrected chi connectivity index (χ3v) is 3.57. The van der Waals surface area contributed by atoms with Gasteiger partial charge in [-0.25, -0.2) is 0 Å². The monoisotopic (exact) mass is 299 g/mol. The van der Waals surface area contributed by atoms with Crippen molar-refractivity contribution in [3.63, 3.8) is 0 Å². The molecule has 0 bridgehead atoms.